The molecule has 0 radical (unpaired) electrons. The molecule has 3 rings (SSSR count). The molecule has 1 amide bonds. The smallest absolute Gasteiger partial charge is 0.261 e. The van der Waals surface area contributed by atoms with E-state index in [1.54, 1.807) is 6.07 Å². The van der Waals surface area contributed by atoms with Crippen molar-refractivity contribution in [3.8, 4) is 0 Å². The van der Waals surface area contributed by atoms with Gasteiger partial charge in [0.05, 0.1) is 17.2 Å². The Labute approximate surface area is 128 Å². The predicted molar refractivity (Wildman–Crippen MR) is 84.7 cm³/mol. The van der Waals surface area contributed by atoms with Gasteiger partial charge in [0.2, 0.25) is 5.91 Å². The van der Waals surface area contributed by atoms with Crippen LogP contribution in [0.2, 0.25) is 0 Å². The summed E-state index contributed by atoms with van der Waals surface area (Å²) >= 11 is 0. The lowest BCUT2D eigenvalue weighted by molar-refractivity contribution is -0.121. The number of nitrogens with one attached hydrogen (secondary N) is 2. The van der Waals surface area contributed by atoms with Crippen LogP contribution in [0.3, 0.4) is 0 Å². The zero-order valence-corrected chi connectivity index (χ0v) is 12.4. The van der Waals surface area contributed by atoms with E-state index in [4.69, 9.17) is 0 Å². The molecule has 0 spiro atoms. The Balaban J connectivity index is 1.58. The molecule has 6 nitrogen and oxygen atoms in total. The van der Waals surface area contributed by atoms with Gasteiger partial charge in [-0.25, -0.2) is 4.98 Å². The lowest BCUT2D eigenvalue weighted by atomic mass is 10.2. The van der Waals surface area contributed by atoms with Crippen molar-refractivity contribution in [2.24, 2.45) is 0 Å². The number of aryl methyl sites for hydroxylation is 1. The molecule has 0 bridgehead atoms. The van der Waals surface area contributed by atoms with Gasteiger partial charge < -0.3 is 10.6 Å². The van der Waals surface area contributed by atoms with Crippen LogP contribution in [0, 0.1) is 0 Å². The Kier molecular flexibility index (Phi) is 4.48. The fourth-order valence-electron chi connectivity index (χ4n) is 2.74. The molecule has 0 saturated carbocycles. The molecule has 1 aliphatic heterocycles. The molecule has 1 saturated heterocycles. The first-order valence-corrected chi connectivity index (χ1v) is 7.68. The second-order valence-corrected chi connectivity index (χ2v) is 5.61. The molecule has 1 unspecified atom stereocenters. The normalized spacial score (nSPS) is 17.7. The number of hydrogen-bond donors (Lipinski definition) is 2. The quantitative estimate of drug-likeness (QED) is 0.850. The minimum atomic E-state index is -0.101. The molecular formula is C16H20N4O2. The zero-order valence-electron chi connectivity index (χ0n) is 12.4. The Morgan fingerprint density at radius 2 is 2.27 bits per heavy atom. The molecule has 2 heterocycles. The first-order valence-electron chi connectivity index (χ1n) is 7.68. The Bertz CT molecular complexity index is 719. The van der Waals surface area contributed by atoms with Gasteiger partial charge in [-0.15, -0.1) is 0 Å². The van der Waals surface area contributed by atoms with E-state index >= 15 is 0 Å². The van der Waals surface area contributed by atoms with E-state index in [2.05, 4.69) is 15.6 Å². The summed E-state index contributed by atoms with van der Waals surface area (Å²) in [6.07, 6.45) is 4.07. The van der Waals surface area contributed by atoms with E-state index in [0.717, 1.165) is 13.0 Å². The molecule has 6 heteroatoms. The first kappa shape index (κ1) is 14.7. The summed E-state index contributed by atoms with van der Waals surface area (Å²) in [5.74, 6) is -0.0336. The average molecular weight is 300 g/mol. The van der Waals surface area contributed by atoms with E-state index in [-0.39, 0.29) is 17.9 Å². The molecule has 2 N–H and O–H groups in total. The van der Waals surface area contributed by atoms with Crippen molar-refractivity contribution in [3.05, 3.63) is 40.9 Å². The number of rotatable bonds is 5. The van der Waals surface area contributed by atoms with Gasteiger partial charge in [0.25, 0.3) is 5.56 Å². The molecule has 1 fully saturated rings. The number of benzene rings is 1. The van der Waals surface area contributed by atoms with Gasteiger partial charge in [0, 0.05) is 25.6 Å². The summed E-state index contributed by atoms with van der Waals surface area (Å²) in [7, 11) is 0. The SMILES string of the molecule is O=C(CCn1cnc2ccccc2c1=O)NCC1CCCN1. The number of para-hydroxylation sites is 1. The molecule has 1 aromatic heterocycles. The number of carbonyl (C=O) groups is 1. The van der Waals surface area contributed by atoms with Crippen molar-refractivity contribution < 1.29 is 4.79 Å². The minimum absolute atomic E-state index is 0.0336. The van der Waals surface area contributed by atoms with E-state index in [0.29, 0.717) is 30.0 Å². The second kappa shape index (κ2) is 6.70. The number of hydrogen-bond acceptors (Lipinski definition) is 4. The predicted octanol–water partition coefficient (Wildman–Crippen LogP) is 0.655. The highest BCUT2D eigenvalue weighted by molar-refractivity contribution is 5.77. The third kappa shape index (κ3) is 3.33. The van der Waals surface area contributed by atoms with Gasteiger partial charge in [0.15, 0.2) is 0 Å². The number of fused-ring (bicyclic) bond motifs is 1. The van der Waals surface area contributed by atoms with Crippen molar-refractivity contribution in [2.75, 3.05) is 13.1 Å². The van der Waals surface area contributed by atoms with Crippen molar-refractivity contribution in [1.82, 2.24) is 20.2 Å². The van der Waals surface area contributed by atoms with Crippen LogP contribution in [-0.4, -0.2) is 34.6 Å². The first-order chi connectivity index (χ1) is 10.7. The van der Waals surface area contributed by atoms with E-state index < -0.39 is 0 Å². The third-order valence-corrected chi connectivity index (χ3v) is 4.02. The van der Waals surface area contributed by atoms with Gasteiger partial charge >= 0.3 is 0 Å². The molecule has 22 heavy (non-hydrogen) atoms. The molecule has 116 valence electrons. The molecule has 1 aromatic carbocycles. The van der Waals surface area contributed by atoms with Crippen LogP contribution in [0.25, 0.3) is 10.9 Å². The Hall–Kier alpha value is -2.21. The highest BCUT2D eigenvalue weighted by Gasteiger charge is 2.14. The zero-order chi connectivity index (χ0) is 15.4. The largest absolute Gasteiger partial charge is 0.354 e. The summed E-state index contributed by atoms with van der Waals surface area (Å²) in [6.45, 7) is 2.03. The van der Waals surface area contributed by atoms with Crippen LogP contribution in [0.15, 0.2) is 35.4 Å². The summed E-state index contributed by atoms with van der Waals surface area (Å²) in [5.41, 5.74) is 0.580. The van der Waals surface area contributed by atoms with E-state index in [1.165, 1.54) is 17.3 Å². The minimum Gasteiger partial charge on any atom is -0.354 e. The van der Waals surface area contributed by atoms with Gasteiger partial charge in [-0.1, -0.05) is 12.1 Å². The van der Waals surface area contributed by atoms with Gasteiger partial charge in [-0.3, -0.25) is 14.2 Å². The summed E-state index contributed by atoms with van der Waals surface area (Å²) < 4.78 is 1.50. The van der Waals surface area contributed by atoms with E-state index in [1.807, 2.05) is 18.2 Å². The van der Waals surface area contributed by atoms with Gasteiger partial charge in [-0.2, -0.15) is 0 Å². The standard InChI is InChI=1S/C16H20N4O2/c21-15(18-10-12-4-3-8-17-12)7-9-20-11-19-14-6-2-1-5-13(14)16(20)22/h1-2,5-6,11-12,17H,3-4,7-10H2,(H,18,21). The van der Waals surface area contributed by atoms with Crippen LogP contribution in [-0.2, 0) is 11.3 Å². The molecule has 0 aliphatic carbocycles. The molecular weight excluding hydrogens is 280 g/mol. The Morgan fingerprint density at radius 3 is 3.09 bits per heavy atom. The summed E-state index contributed by atoms with van der Waals surface area (Å²) in [6, 6.07) is 7.62. The topological polar surface area (TPSA) is 76.0 Å². The summed E-state index contributed by atoms with van der Waals surface area (Å²) in [5, 5.41) is 6.83. The van der Waals surface area contributed by atoms with Crippen molar-refractivity contribution >= 4 is 16.8 Å². The highest BCUT2D eigenvalue weighted by atomic mass is 16.1. The molecule has 1 aliphatic rings. The van der Waals surface area contributed by atoms with Crippen LogP contribution in [0.1, 0.15) is 19.3 Å². The van der Waals surface area contributed by atoms with Crippen molar-refractivity contribution in [1.29, 1.82) is 0 Å². The molecule has 2 aromatic rings. The van der Waals surface area contributed by atoms with Crippen molar-refractivity contribution in [3.63, 3.8) is 0 Å². The maximum absolute atomic E-state index is 12.3. The van der Waals surface area contributed by atoms with Gasteiger partial charge in [0.1, 0.15) is 0 Å². The van der Waals surface area contributed by atoms with Crippen LogP contribution in [0.4, 0.5) is 0 Å². The number of nitrogens with zero attached hydrogens (tertiary/aromatic N) is 2. The monoisotopic (exact) mass is 300 g/mol. The number of carbonyl (C=O) groups excluding carboxylic acids is 1. The average Bonchev–Trinajstić information content (AvgIpc) is 3.06. The Morgan fingerprint density at radius 1 is 1.41 bits per heavy atom. The maximum atomic E-state index is 12.3. The second-order valence-electron chi connectivity index (χ2n) is 5.61. The fourth-order valence-corrected chi connectivity index (χ4v) is 2.74. The summed E-state index contributed by atoms with van der Waals surface area (Å²) in [4.78, 5) is 28.4. The molecule has 1 atom stereocenters. The fraction of sp³-hybridized carbons (Fsp3) is 0.438. The highest BCUT2D eigenvalue weighted by Crippen LogP contribution is 2.05. The van der Waals surface area contributed by atoms with Crippen LogP contribution >= 0.6 is 0 Å². The van der Waals surface area contributed by atoms with Crippen LogP contribution in [0.5, 0.6) is 0 Å². The van der Waals surface area contributed by atoms with Crippen molar-refractivity contribution in [2.45, 2.75) is 31.8 Å². The lowest BCUT2D eigenvalue weighted by Crippen LogP contribution is -2.37. The third-order valence-electron chi connectivity index (χ3n) is 4.02. The maximum Gasteiger partial charge on any atom is 0.261 e. The lowest BCUT2D eigenvalue weighted by Gasteiger charge is -2.12. The number of aromatic nitrogens is 2. The number of amides is 1. The van der Waals surface area contributed by atoms with Gasteiger partial charge in [-0.05, 0) is 31.5 Å². The van der Waals surface area contributed by atoms with Crippen LogP contribution < -0.4 is 16.2 Å². The van der Waals surface area contributed by atoms with E-state index in [9.17, 15) is 9.59 Å².